The lowest BCUT2D eigenvalue weighted by atomic mass is 10.2. The molecule has 0 saturated heterocycles. The number of rotatable bonds is 6. The Morgan fingerprint density at radius 3 is 2.72 bits per heavy atom. The Morgan fingerprint density at radius 2 is 2.04 bits per heavy atom. The maximum Gasteiger partial charge on any atom is 0.275 e. The fourth-order valence-corrected chi connectivity index (χ4v) is 4.63. The minimum Gasteiger partial charge on any atom is -0.295 e. The van der Waals surface area contributed by atoms with Gasteiger partial charge in [0.05, 0.1) is 16.4 Å². The average Bonchev–Trinajstić information content (AvgIpc) is 3.13. The molecule has 0 N–H and O–H groups in total. The molecule has 25 heavy (non-hydrogen) atoms. The van der Waals surface area contributed by atoms with Crippen LogP contribution in [0.5, 0.6) is 0 Å². The van der Waals surface area contributed by atoms with Crippen LogP contribution in [0.25, 0.3) is 4.96 Å². The van der Waals surface area contributed by atoms with Gasteiger partial charge in [-0.2, -0.15) is 9.61 Å². The summed E-state index contributed by atoms with van der Waals surface area (Å²) < 4.78 is 1.44. The molecule has 0 aliphatic heterocycles. The van der Waals surface area contributed by atoms with Crippen molar-refractivity contribution >= 4 is 27.6 Å². The Balaban J connectivity index is 1.50. The number of fused-ring (bicyclic) bond motifs is 1. The lowest BCUT2D eigenvalue weighted by Gasteiger charge is -2.14. The molecule has 3 heterocycles. The smallest absolute Gasteiger partial charge is 0.275 e. The normalized spacial score (nSPS) is 14.9. The molecule has 0 atom stereocenters. The fraction of sp³-hybridized carbons (Fsp3) is 0.529. The molecule has 1 aliphatic carbocycles. The molecule has 4 rings (SSSR count). The summed E-state index contributed by atoms with van der Waals surface area (Å²) in [7, 11) is 2.03. The molecule has 0 spiro atoms. The fourth-order valence-electron chi connectivity index (χ4n) is 2.72. The van der Waals surface area contributed by atoms with Crippen molar-refractivity contribution in [2.45, 2.75) is 51.6 Å². The van der Waals surface area contributed by atoms with Gasteiger partial charge in [-0.05, 0) is 19.9 Å². The largest absolute Gasteiger partial charge is 0.295 e. The van der Waals surface area contributed by atoms with Gasteiger partial charge in [-0.1, -0.05) is 25.2 Å². The molecular formula is C17H21N5OS2. The van der Waals surface area contributed by atoms with Crippen molar-refractivity contribution < 1.29 is 0 Å². The Bertz CT molecular complexity index is 954. The van der Waals surface area contributed by atoms with Gasteiger partial charge >= 0.3 is 0 Å². The number of thiazole rings is 1. The summed E-state index contributed by atoms with van der Waals surface area (Å²) in [4.78, 5) is 24.5. The van der Waals surface area contributed by atoms with Crippen molar-refractivity contribution in [3.05, 3.63) is 43.2 Å². The van der Waals surface area contributed by atoms with E-state index in [1.165, 1.54) is 22.4 Å². The van der Waals surface area contributed by atoms with Gasteiger partial charge in [0.2, 0.25) is 4.96 Å². The molecule has 1 fully saturated rings. The molecule has 8 heteroatoms. The Hall–Kier alpha value is -1.64. The van der Waals surface area contributed by atoms with E-state index in [1.54, 1.807) is 28.7 Å². The summed E-state index contributed by atoms with van der Waals surface area (Å²) in [5.41, 5.74) is 1.77. The zero-order chi connectivity index (χ0) is 17.6. The van der Waals surface area contributed by atoms with Crippen molar-refractivity contribution in [1.82, 2.24) is 24.5 Å². The van der Waals surface area contributed by atoms with E-state index in [2.05, 4.69) is 39.2 Å². The highest BCUT2D eigenvalue weighted by Crippen LogP contribution is 2.41. The molecular weight excluding hydrogens is 354 g/mol. The summed E-state index contributed by atoms with van der Waals surface area (Å²) in [6.07, 6.45) is 2.35. The van der Waals surface area contributed by atoms with Gasteiger partial charge in [-0.15, -0.1) is 11.3 Å². The van der Waals surface area contributed by atoms with Crippen molar-refractivity contribution in [3.8, 4) is 0 Å². The molecule has 1 saturated carbocycles. The van der Waals surface area contributed by atoms with Crippen LogP contribution >= 0.6 is 22.7 Å². The molecule has 6 nitrogen and oxygen atoms in total. The molecule has 1 aliphatic rings. The van der Waals surface area contributed by atoms with Crippen LogP contribution in [0, 0.1) is 0 Å². The molecule has 0 unspecified atom stereocenters. The van der Waals surface area contributed by atoms with Crippen molar-refractivity contribution in [3.63, 3.8) is 0 Å². The van der Waals surface area contributed by atoms with Crippen LogP contribution in [0.2, 0.25) is 0 Å². The van der Waals surface area contributed by atoms with Crippen molar-refractivity contribution in [2.24, 2.45) is 0 Å². The van der Waals surface area contributed by atoms with Crippen LogP contribution in [0.4, 0.5) is 0 Å². The van der Waals surface area contributed by atoms with E-state index in [9.17, 15) is 4.79 Å². The van der Waals surface area contributed by atoms with E-state index in [0.717, 1.165) is 22.9 Å². The average molecular weight is 376 g/mol. The zero-order valence-electron chi connectivity index (χ0n) is 14.6. The molecule has 132 valence electrons. The molecule has 3 aromatic heterocycles. The first kappa shape index (κ1) is 16.8. The molecule has 0 aromatic carbocycles. The lowest BCUT2D eigenvalue weighted by molar-refractivity contribution is 0.311. The van der Waals surface area contributed by atoms with Crippen LogP contribution in [-0.4, -0.2) is 31.5 Å². The third kappa shape index (κ3) is 3.65. The standard InChI is InChI=1S/C17H21N5OS2/c1-10(2)15-18-13(9-24-15)8-21(3)7-12-6-14(23)22-17(19-12)25-16(20-22)11-4-5-11/h6,9-11H,4-5,7-8H2,1-3H3. The first-order valence-corrected chi connectivity index (χ1v) is 10.2. The van der Waals surface area contributed by atoms with Gasteiger partial charge in [0.25, 0.3) is 5.56 Å². The Labute approximate surface area is 154 Å². The molecule has 3 aromatic rings. The quantitative estimate of drug-likeness (QED) is 0.662. The first-order valence-electron chi connectivity index (χ1n) is 8.52. The van der Waals surface area contributed by atoms with Gasteiger partial charge in [0.1, 0.15) is 5.01 Å². The highest BCUT2D eigenvalue weighted by atomic mass is 32.1. The monoisotopic (exact) mass is 375 g/mol. The zero-order valence-corrected chi connectivity index (χ0v) is 16.2. The van der Waals surface area contributed by atoms with Gasteiger partial charge in [-0.25, -0.2) is 9.97 Å². The van der Waals surface area contributed by atoms with Gasteiger partial charge < -0.3 is 0 Å². The maximum absolute atomic E-state index is 12.3. The molecule has 0 amide bonds. The van der Waals surface area contributed by atoms with Crippen molar-refractivity contribution in [1.29, 1.82) is 0 Å². The highest BCUT2D eigenvalue weighted by molar-refractivity contribution is 7.16. The van der Waals surface area contributed by atoms with Crippen molar-refractivity contribution in [2.75, 3.05) is 7.05 Å². The molecule has 0 radical (unpaired) electrons. The highest BCUT2D eigenvalue weighted by Gasteiger charge is 2.28. The summed E-state index contributed by atoms with van der Waals surface area (Å²) in [5, 5.41) is 8.74. The van der Waals surface area contributed by atoms with Crippen LogP contribution in [0.1, 0.15) is 59.9 Å². The van der Waals surface area contributed by atoms with Crippen LogP contribution < -0.4 is 5.56 Å². The topological polar surface area (TPSA) is 63.4 Å². The van der Waals surface area contributed by atoms with E-state index in [1.807, 2.05) is 7.05 Å². The van der Waals surface area contributed by atoms with Crippen LogP contribution in [0.15, 0.2) is 16.2 Å². The predicted molar refractivity (Wildman–Crippen MR) is 100 cm³/mol. The SMILES string of the molecule is CC(C)c1nc(CN(C)Cc2cc(=O)n3nc(C4CC4)sc3n2)cs1. The van der Waals surface area contributed by atoms with Gasteiger partial charge in [0, 0.05) is 36.4 Å². The summed E-state index contributed by atoms with van der Waals surface area (Å²) in [5.74, 6) is 0.997. The lowest BCUT2D eigenvalue weighted by Crippen LogP contribution is -2.22. The third-order valence-corrected chi connectivity index (χ3v) is 6.43. The predicted octanol–water partition coefficient (Wildman–Crippen LogP) is 3.24. The third-order valence-electron chi connectivity index (χ3n) is 4.17. The minimum atomic E-state index is -0.0905. The minimum absolute atomic E-state index is 0.0905. The Kier molecular flexibility index (Phi) is 4.43. The number of aromatic nitrogens is 4. The van der Waals surface area contributed by atoms with Gasteiger partial charge in [-0.3, -0.25) is 9.69 Å². The van der Waals surface area contributed by atoms with Gasteiger partial charge in [0.15, 0.2) is 0 Å². The maximum atomic E-state index is 12.3. The summed E-state index contributed by atoms with van der Waals surface area (Å²) >= 11 is 3.25. The number of hydrogen-bond acceptors (Lipinski definition) is 7. The molecule has 0 bridgehead atoms. The van der Waals surface area contributed by atoms with E-state index >= 15 is 0 Å². The number of nitrogens with zero attached hydrogens (tertiary/aromatic N) is 5. The van der Waals surface area contributed by atoms with E-state index < -0.39 is 0 Å². The second kappa shape index (κ2) is 6.59. The van der Waals surface area contributed by atoms with E-state index in [-0.39, 0.29) is 5.56 Å². The Morgan fingerprint density at radius 1 is 1.28 bits per heavy atom. The first-order chi connectivity index (χ1) is 12.0. The second-order valence-corrected chi connectivity index (χ2v) is 8.88. The second-order valence-electron chi connectivity index (χ2n) is 7.00. The van der Waals surface area contributed by atoms with E-state index in [4.69, 9.17) is 0 Å². The van der Waals surface area contributed by atoms with E-state index in [0.29, 0.717) is 23.3 Å². The van der Waals surface area contributed by atoms with Crippen LogP contribution in [0.3, 0.4) is 0 Å². The van der Waals surface area contributed by atoms with Crippen LogP contribution in [-0.2, 0) is 13.1 Å². The summed E-state index contributed by atoms with van der Waals surface area (Å²) in [6.45, 7) is 5.69. The number of hydrogen-bond donors (Lipinski definition) is 0. The summed E-state index contributed by atoms with van der Waals surface area (Å²) in [6, 6.07) is 1.60.